The van der Waals surface area contributed by atoms with Crippen LogP contribution in [0.25, 0.3) is 0 Å². The predicted molar refractivity (Wildman–Crippen MR) is 48.2 cm³/mol. The highest BCUT2D eigenvalue weighted by molar-refractivity contribution is 7.13. The third-order valence-corrected chi connectivity index (χ3v) is 2.76. The van der Waals surface area contributed by atoms with Crippen molar-refractivity contribution >= 4 is 22.4 Å². The third kappa shape index (κ3) is 1.53. The smallest absolute Gasteiger partial charge is 0.407 e. The zero-order chi connectivity index (χ0) is 10.1. The summed E-state index contributed by atoms with van der Waals surface area (Å²) < 4.78 is 4.67. The van der Waals surface area contributed by atoms with E-state index in [1.54, 1.807) is 5.38 Å². The summed E-state index contributed by atoms with van der Waals surface area (Å²) in [5.41, 5.74) is 0.715. The molecule has 2 rings (SSSR count). The summed E-state index contributed by atoms with van der Waals surface area (Å²) in [5.74, 6) is 0. The molecule has 0 aliphatic carbocycles. The second-order valence-corrected chi connectivity index (χ2v) is 3.66. The standard InChI is InChI=1S/C7H6N2O4S/c10-7-8-5(2-13-7)4-1-6(9(11)12)14-3-4/h1,3,5H,2H2,(H,8,10)/t5-/m1/s1. The fraction of sp³-hybridized carbons (Fsp3) is 0.286. The number of hydrogen-bond donors (Lipinski definition) is 1. The largest absolute Gasteiger partial charge is 0.447 e. The normalized spacial score (nSPS) is 20.3. The van der Waals surface area contributed by atoms with Crippen molar-refractivity contribution in [3.63, 3.8) is 0 Å². The van der Waals surface area contributed by atoms with E-state index >= 15 is 0 Å². The van der Waals surface area contributed by atoms with Crippen LogP contribution in [0.5, 0.6) is 0 Å². The van der Waals surface area contributed by atoms with E-state index in [0.29, 0.717) is 5.56 Å². The molecule has 6 nitrogen and oxygen atoms in total. The van der Waals surface area contributed by atoms with Crippen molar-refractivity contribution in [2.75, 3.05) is 6.61 Å². The Hall–Kier alpha value is -1.63. The van der Waals surface area contributed by atoms with Crippen LogP contribution in [0.4, 0.5) is 9.80 Å². The molecule has 1 atom stereocenters. The minimum atomic E-state index is -0.483. The minimum Gasteiger partial charge on any atom is -0.447 e. The lowest BCUT2D eigenvalue weighted by Crippen LogP contribution is -2.17. The number of carbonyl (C=O) groups excluding carboxylic acids is 1. The van der Waals surface area contributed by atoms with Crippen molar-refractivity contribution < 1.29 is 14.5 Å². The van der Waals surface area contributed by atoms with Gasteiger partial charge in [-0.1, -0.05) is 11.3 Å². The van der Waals surface area contributed by atoms with Crippen LogP contribution in [0, 0.1) is 10.1 Å². The van der Waals surface area contributed by atoms with E-state index in [2.05, 4.69) is 10.1 Å². The molecule has 0 radical (unpaired) electrons. The van der Waals surface area contributed by atoms with E-state index in [1.165, 1.54) is 6.07 Å². The summed E-state index contributed by atoms with van der Waals surface area (Å²) >= 11 is 1.04. The number of ether oxygens (including phenoxy) is 1. The van der Waals surface area contributed by atoms with E-state index in [1.807, 2.05) is 0 Å². The van der Waals surface area contributed by atoms with Gasteiger partial charge in [-0.15, -0.1) is 0 Å². The molecule has 14 heavy (non-hydrogen) atoms. The lowest BCUT2D eigenvalue weighted by Gasteiger charge is -2.01. The first kappa shape index (κ1) is 8.95. The Bertz CT molecular complexity index is 389. The van der Waals surface area contributed by atoms with E-state index in [4.69, 9.17) is 0 Å². The Kier molecular flexibility index (Phi) is 2.08. The number of nitro groups is 1. The van der Waals surface area contributed by atoms with Gasteiger partial charge in [0.25, 0.3) is 0 Å². The molecule has 0 unspecified atom stereocenters. The molecule has 7 heteroatoms. The molecule has 0 spiro atoms. The van der Waals surface area contributed by atoms with E-state index in [9.17, 15) is 14.9 Å². The van der Waals surface area contributed by atoms with Gasteiger partial charge in [-0.3, -0.25) is 10.1 Å². The third-order valence-electron chi connectivity index (χ3n) is 1.86. The zero-order valence-electron chi connectivity index (χ0n) is 6.93. The van der Waals surface area contributed by atoms with Gasteiger partial charge < -0.3 is 10.1 Å². The van der Waals surface area contributed by atoms with E-state index < -0.39 is 11.0 Å². The molecule has 1 fully saturated rings. The topological polar surface area (TPSA) is 81.5 Å². The van der Waals surface area contributed by atoms with Gasteiger partial charge in [0.1, 0.15) is 6.61 Å². The molecule has 1 N–H and O–H groups in total. The molecule has 1 aromatic heterocycles. The van der Waals surface area contributed by atoms with Crippen molar-refractivity contribution in [3.05, 3.63) is 27.1 Å². The van der Waals surface area contributed by atoms with Gasteiger partial charge in [0.2, 0.25) is 0 Å². The maximum atomic E-state index is 10.7. The second-order valence-electron chi connectivity index (χ2n) is 2.77. The molecule has 2 heterocycles. The number of thiophene rings is 1. The van der Waals surface area contributed by atoms with Crippen molar-refractivity contribution in [3.8, 4) is 0 Å². The average Bonchev–Trinajstić information content (AvgIpc) is 2.70. The molecule has 1 saturated heterocycles. The average molecular weight is 214 g/mol. The van der Waals surface area contributed by atoms with Gasteiger partial charge in [-0.05, 0) is 5.56 Å². The summed E-state index contributed by atoms with van der Waals surface area (Å²) in [4.78, 5) is 20.6. The maximum Gasteiger partial charge on any atom is 0.407 e. The van der Waals surface area contributed by atoms with Crippen LogP contribution in [-0.4, -0.2) is 17.6 Å². The SMILES string of the molecule is O=C1N[C@@H](c2csc([N+](=O)[O-])c2)CO1. The first-order valence-electron chi connectivity index (χ1n) is 3.83. The number of carbonyl (C=O) groups is 1. The number of rotatable bonds is 2. The lowest BCUT2D eigenvalue weighted by molar-refractivity contribution is -0.380. The van der Waals surface area contributed by atoms with Crippen LogP contribution in [-0.2, 0) is 4.74 Å². The maximum absolute atomic E-state index is 10.7. The highest BCUT2D eigenvalue weighted by Gasteiger charge is 2.26. The number of nitrogens with one attached hydrogen (secondary N) is 1. The molecule has 1 aliphatic heterocycles. The first-order chi connectivity index (χ1) is 6.66. The number of amides is 1. The summed E-state index contributed by atoms with van der Waals surface area (Å²) in [6.45, 7) is 0.229. The van der Waals surface area contributed by atoms with Crippen LogP contribution in [0.15, 0.2) is 11.4 Å². The fourth-order valence-corrected chi connectivity index (χ4v) is 1.96. The Morgan fingerprint density at radius 3 is 3.00 bits per heavy atom. The fourth-order valence-electron chi connectivity index (χ4n) is 1.18. The molecule has 1 aliphatic rings. The Morgan fingerprint density at radius 1 is 1.71 bits per heavy atom. The number of cyclic esters (lactones) is 1. The van der Waals surface area contributed by atoms with E-state index in [-0.39, 0.29) is 17.6 Å². The van der Waals surface area contributed by atoms with Gasteiger partial charge in [0.05, 0.1) is 11.0 Å². The predicted octanol–water partition coefficient (Wildman–Crippen LogP) is 1.44. The molecule has 0 aromatic carbocycles. The van der Waals surface area contributed by atoms with Crippen LogP contribution in [0.3, 0.4) is 0 Å². The number of nitrogens with zero attached hydrogens (tertiary/aromatic N) is 1. The van der Waals surface area contributed by atoms with Crippen molar-refractivity contribution in [1.82, 2.24) is 5.32 Å². The van der Waals surface area contributed by atoms with Crippen LogP contribution >= 0.6 is 11.3 Å². The number of alkyl carbamates (subject to hydrolysis) is 1. The monoisotopic (exact) mass is 214 g/mol. The Morgan fingerprint density at radius 2 is 2.50 bits per heavy atom. The van der Waals surface area contributed by atoms with Crippen LogP contribution < -0.4 is 5.32 Å². The highest BCUT2D eigenvalue weighted by atomic mass is 32.1. The molecule has 74 valence electrons. The van der Waals surface area contributed by atoms with Crippen molar-refractivity contribution in [2.24, 2.45) is 0 Å². The minimum absolute atomic E-state index is 0.0705. The van der Waals surface area contributed by atoms with Gasteiger partial charge in [0, 0.05) is 11.4 Å². The Balaban J connectivity index is 2.17. The summed E-state index contributed by atoms with van der Waals surface area (Å²) in [5, 5.41) is 14.7. The van der Waals surface area contributed by atoms with E-state index in [0.717, 1.165) is 11.3 Å². The summed E-state index contributed by atoms with van der Waals surface area (Å²) in [7, 11) is 0. The van der Waals surface area contributed by atoms with Gasteiger partial charge >= 0.3 is 11.1 Å². The second kappa shape index (κ2) is 3.26. The first-order valence-corrected chi connectivity index (χ1v) is 4.71. The van der Waals surface area contributed by atoms with Crippen molar-refractivity contribution in [2.45, 2.75) is 6.04 Å². The molecular weight excluding hydrogens is 208 g/mol. The lowest BCUT2D eigenvalue weighted by atomic mass is 10.2. The van der Waals surface area contributed by atoms with Gasteiger partial charge in [-0.2, -0.15) is 0 Å². The highest BCUT2D eigenvalue weighted by Crippen LogP contribution is 2.28. The van der Waals surface area contributed by atoms with Gasteiger partial charge in [0.15, 0.2) is 0 Å². The quantitative estimate of drug-likeness (QED) is 0.596. The van der Waals surface area contributed by atoms with Crippen LogP contribution in [0.1, 0.15) is 11.6 Å². The molecule has 1 amide bonds. The van der Waals surface area contributed by atoms with Crippen LogP contribution in [0.2, 0.25) is 0 Å². The molecule has 1 aromatic rings. The summed E-state index contributed by atoms with van der Waals surface area (Å²) in [6.07, 6.45) is -0.483. The van der Waals surface area contributed by atoms with Crippen molar-refractivity contribution in [1.29, 1.82) is 0 Å². The molecular formula is C7H6N2O4S. The Labute approximate surface area is 82.6 Å². The molecule has 0 bridgehead atoms. The molecule has 0 saturated carbocycles. The summed E-state index contributed by atoms with van der Waals surface area (Å²) in [6, 6.07) is 1.19. The van der Waals surface area contributed by atoms with Gasteiger partial charge in [-0.25, -0.2) is 4.79 Å². The number of hydrogen-bond acceptors (Lipinski definition) is 5. The zero-order valence-corrected chi connectivity index (χ0v) is 7.74.